The highest BCUT2D eigenvalue weighted by Crippen LogP contribution is 1.94. The maximum Gasteiger partial charge on any atom is 0.0602 e. The molecule has 1 aromatic heterocycles. The van der Waals surface area contributed by atoms with E-state index in [1.807, 2.05) is 30.9 Å². The van der Waals surface area contributed by atoms with Crippen LogP contribution in [0.5, 0.6) is 0 Å². The van der Waals surface area contributed by atoms with E-state index in [2.05, 4.69) is 10.4 Å². The first-order valence-corrected chi connectivity index (χ1v) is 4.04. The maximum atomic E-state index is 8.89. The highest BCUT2D eigenvalue weighted by Gasteiger charge is 2.04. The molecule has 0 amide bonds. The summed E-state index contributed by atoms with van der Waals surface area (Å²) in [5, 5.41) is 16.1. The molecule has 0 aromatic carbocycles. The van der Waals surface area contributed by atoms with E-state index in [1.165, 1.54) is 0 Å². The molecule has 0 saturated heterocycles. The minimum Gasteiger partial charge on any atom is -0.395 e. The second-order valence-corrected chi connectivity index (χ2v) is 2.85. The summed E-state index contributed by atoms with van der Waals surface area (Å²) < 4.78 is 1.83. The summed E-state index contributed by atoms with van der Waals surface area (Å²) in [7, 11) is 1.83. The Balaban J connectivity index is 2.50. The van der Waals surface area contributed by atoms with Gasteiger partial charge in [0.05, 0.1) is 18.8 Å². The first kappa shape index (κ1) is 9.22. The highest BCUT2D eigenvalue weighted by molar-refractivity contribution is 4.95. The van der Waals surface area contributed by atoms with Crippen molar-refractivity contribution in [3.05, 3.63) is 18.0 Å². The third-order valence-electron chi connectivity index (χ3n) is 1.81. The van der Waals surface area contributed by atoms with Gasteiger partial charge in [0, 0.05) is 12.2 Å². The van der Waals surface area contributed by atoms with E-state index in [4.69, 9.17) is 5.11 Å². The number of nitrogens with one attached hydrogen (secondary N) is 1. The van der Waals surface area contributed by atoms with Crippen molar-refractivity contribution in [2.75, 3.05) is 13.7 Å². The van der Waals surface area contributed by atoms with Crippen molar-refractivity contribution >= 4 is 0 Å². The van der Waals surface area contributed by atoms with Gasteiger partial charge in [-0.25, -0.2) is 0 Å². The topological polar surface area (TPSA) is 50.1 Å². The molecule has 1 aromatic rings. The predicted molar refractivity (Wildman–Crippen MR) is 46.9 cm³/mol. The SMILES string of the molecule is CNC(CO)Cn1ccc(C)n1. The monoisotopic (exact) mass is 169 g/mol. The van der Waals surface area contributed by atoms with Crippen molar-refractivity contribution < 1.29 is 5.11 Å². The second-order valence-electron chi connectivity index (χ2n) is 2.85. The molecule has 0 spiro atoms. The van der Waals surface area contributed by atoms with Gasteiger partial charge in [-0.05, 0) is 20.0 Å². The fraction of sp³-hybridized carbons (Fsp3) is 0.625. The van der Waals surface area contributed by atoms with Crippen molar-refractivity contribution in [3.63, 3.8) is 0 Å². The Morgan fingerprint density at radius 1 is 1.75 bits per heavy atom. The fourth-order valence-electron chi connectivity index (χ4n) is 1.03. The molecular formula is C8H15N3O. The van der Waals surface area contributed by atoms with Gasteiger partial charge in [-0.2, -0.15) is 5.10 Å². The molecule has 1 heterocycles. The zero-order valence-corrected chi connectivity index (χ0v) is 7.49. The highest BCUT2D eigenvalue weighted by atomic mass is 16.3. The summed E-state index contributed by atoms with van der Waals surface area (Å²) in [5.74, 6) is 0. The summed E-state index contributed by atoms with van der Waals surface area (Å²) in [6.45, 7) is 2.79. The molecule has 12 heavy (non-hydrogen) atoms. The average Bonchev–Trinajstić information content (AvgIpc) is 2.47. The first-order chi connectivity index (χ1) is 5.76. The van der Waals surface area contributed by atoms with Crippen LogP contribution in [0.1, 0.15) is 5.69 Å². The van der Waals surface area contributed by atoms with Crippen LogP contribution >= 0.6 is 0 Å². The van der Waals surface area contributed by atoms with E-state index < -0.39 is 0 Å². The standard InChI is InChI=1S/C8H15N3O/c1-7-3-4-11(10-7)5-8(6-12)9-2/h3-4,8-9,12H,5-6H2,1-2H3. The van der Waals surface area contributed by atoms with Gasteiger partial charge in [0.1, 0.15) is 0 Å². The normalized spacial score (nSPS) is 13.2. The minimum atomic E-state index is 0.0873. The molecular weight excluding hydrogens is 154 g/mol. The Kier molecular flexibility index (Phi) is 3.25. The van der Waals surface area contributed by atoms with Crippen LogP contribution in [-0.4, -0.2) is 34.6 Å². The summed E-state index contributed by atoms with van der Waals surface area (Å²) in [4.78, 5) is 0. The van der Waals surface area contributed by atoms with E-state index in [-0.39, 0.29) is 12.6 Å². The first-order valence-electron chi connectivity index (χ1n) is 4.04. The van der Waals surface area contributed by atoms with Crippen LogP contribution in [0.15, 0.2) is 12.3 Å². The van der Waals surface area contributed by atoms with E-state index in [0.717, 1.165) is 5.69 Å². The molecule has 68 valence electrons. The number of hydrogen-bond donors (Lipinski definition) is 2. The maximum absolute atomic E-state index is 8.89. The van der Waals surface area contributed by atoms with E-state index in [9.17, 15) is 0 Å². The summed E-state index contributed by atoms with van der Waals surface area (Å²) in [5.41, 5.74) is 1.00. The molecule has 1 unspecified atom stereocenters. The molecule has 1 rings (SSSR count). The zero-order valence-electron chi connectivity index (χ0n) is 7.49. The van der Waals surface area contributed by atoms with Gasteiger partial charge in [0.15, 0.2) is 0 Å². The quantitative estimate of drug-likeness (QED) is 0.654. The summed E-state index contributed by atoms with van der Waals surface area (Å²) in [6, 6.07) is 2.04. The van der Waals surface area contributed by atoms with Crippen LogP contribution in [-0.2, 0) is 6.54 Å². The van der Waals surface area contributed by atoms with Crippen LogP contribution < -0.4 is 5.32 Å². The smallest absolute Gasteiger partial charge is 0.0602 e. The number of aliphatic hydroxyl groups is 1. The molecule has 0 aliphatic carbocycles. The molecule has 1 atom stereocenters. The van der Waals surface area contributed by atoms with Gasteiger partial charge in [-0.3, -0.25) is 4.68 Å². The summed E-state index contributed by atoms with van der Waals surface area (Å²) in [6.07, 6.45) is 1.91. The molecule has 0 aliphatic rings. The van der Waals surface area contributed by atoms with Gasteiger partial charge in [0.2, 0.25) is 0 Å². The van der Waals surface area contributed by atoms with E-state index in [1.54, 1.807) is 0 Å². The number of rotatable bonds is 4. The lowest BCUT2D eigenvalue weighted by Crippen LogP contribution is -2.33. The number of aliphatic hydroxyl groups excluding tert-OH is 1. The van der Waals surface area contributed by atoms with Crippen molar-refractivity contribution in [1.29, 1.82) is 0 Å². The number of hydrogen-bond acceptors (Lipinski definition) is 3. The number of aryl methyl sites for hydroxylation is 1. The fourth-order valence-corrected chi connectivity index (χ4v) is 1.03. The second kappa shape index (κ2) is 4.23. The van der Waals surface area contributed by atoms with Crippen LogP contribution in [0.3, 0.4) is 0 Å². The lowest BCUT2D eigenvalue weighted by molar-refractivity contribution is 0.232. The number of likely N-dealkylation sites (N-methyl/N-ethyl adjacent to an activating group) is 1. The Labute approximate surface area is 72.2 Å². The van der Waals surface area contributed by atoms with Gasteiger partial charge in [-0.1, -0.05) is 0 Å². The van der Waals surface area contributed by atoms with Crippen LogP contribution in [0, 0.1) is 6.92 Å². The van der Waals surface area contributed by atoms with Crippen molar-refractivity contribution in [3.8, 4) is 0 Å². The van der Waals surface area contributed by atoms with Gasteiger partial charge >= 0.3 is 0 Å². The molecule has 0 fully saturated rings. The zero-order chi connectivity index (χ0) is 8.97. The molecule has 0 radical (unpaired) electrons. The molecule has 4 nitrogen and oxygen atoms in total. The molecule has 0 aliphatic heterocycles. The van der Waals surface area contributed by atoms with Crippen LogP contribution in [0.25, 0.3) is 0 Å². The van der Waals surface area contributed by atoms with Crippen molar-refractivity contribution in [2.24, 2.45) is 0 Å². The molecule has 2 N–H and O–H groups in total. The largest absolute Gasteiger partial charge is 0.395 e. The van der Waals surface area contributed by atoms with Gasteiger partial charge < -0.3 is 10.4 Å². The molecule has 0 bridgehead atoms. The van der Waals surface area contributed by atoms with Crippen molar-refractivity contribution in [2.45, 2.75) is 19.5 Å². The molecule has 4 heteroatoms. The third kappa shape index (κ3) is 2.32. The average molecular weight is 169 g/mol. The van der Waals surface area contributed by atoms with E-state index >= 15 is 0 Å². The van der Waals surface area contributed by atoms with Crippen molar-refractivity contribution in [1.82, 2.24) is 15.1 Å². The Hall–Kier alpha value is -0.870. The van der Waals surface area contributed by atoms with Gasteiger partial charge in [-0.15, -0.1) is 0 Å². The lowest BCUT2D eigenvalue weighted by atomic mass is 10.3. The minimum absolute atomic E-state index is 0.0873. The lowest BCUT2D eigenvalue weighted by Gasteiger charge is -2.12. The summed E-state index contributed by atoms with van der Waals surface area (Å²) >= 11 is 0. The number of nitrogens with zero attached hydrogens (tertiary/aromatic N) is 2. The third-order valence-corrected chi connectivity index (χ3v) is 1.81. The van der Waals surface area contributed by atoms with Gasteiger partial charge in [0.25, 0.3) is 0 Å². The number of aromatic nitrogens is 2. The molecule has 0 saturated carbocycles. The van der Waals surface area contributed by atoms with Crippen LogP contribution in [0.2, 0.25) is 0 Å². The Morgan fingerprint density at radius 2 is 2.50 bits per heavy atom. The Bertz CT molecular complexity index is 230. The Morgan fingerprint density at radius 3 is 2.92 bits per heavy atom. The predicted octanol–water partition coefficient (Wildman–Crippen LogP) is -0.228. The van der Waals surface area contributed by atoms with Crippen LogP contribution in [0.4, 0.5) is 0 Å². The van der Waals surface area contributed by atoms with E-state index in [0.29, 0.717) is 6.54 Å².